The first-order chi connectivity index (χ1) is 8.46. The van der Waals surface area contributed by atoms with Crippen LogP contribution in [0.15, 0.2) is 0 Å². The third-order valence-corrected chi connectivity index (χ3v) is 3.31. The number of hydrogen-bond donors (Lipinski definition) is 0. The highest BCUT2D eigenvalue weighted by Gasteiger charge is 2.47. The summed E-state index contributed by atoms with van der Waals surface area (Å²) in [7, 11) is -5.65. The average molecular weight is 336 g/mol. The van der Waals surface area contributed by atoms with E-state index in [9.17, 15) is 34.8 Å². The summed E-state index contributed by atoms with van der Waals surface area (Å²) in [6, 6.07) is 0. The largest absolute Gasteiger partial charge is 0.523 e. The Hall–Kier alpha value is -0.200. The SMILES string of the molecule is O=S(=O)(OCCOCCCSC(F)(F)F)C(F)(F)F. The molecule has 12 heteroatoms. The second kappa shape index (κ2) is 7.55. The van der Waals surface area contributed by atoms with Gasteiger partial charge in [0.1, 0.15) is 0 Å². The topological polar surface area (TPSA) is 52.6 Å². The first-order valence-electron chi connectivity index (χ1n) is 4.70. The van der Waals surface area contributed by atoms with Gasteiger partial charge in [-0.1, -0.05) is 11.8 Å². The van der Waals surface area contributed by atoms with Gasteiger partial charge >= 0.3 is 21.1 Å². The summed E-state index contributed by atoms with van der Waals surface area (Å²) in [5.74, 6) is -0.259. The standard InChI is InChI=1S/C7H10F6O4S2/c8-6(9,10)18-5-1-2-16-3-4-17-19(14,15)7(11,12)13/h1-5H2. The predicted molar refractivity (Wildman–Crippen MR) is 54.9 cm³/mol. The number of hydrogen-bond acceptors (Lipinski definition) is 5. The second-order valence-electron chi connectivity index (χ2n) is 2.98. The maximum Gasteiger partial charge on any atom is 0.523 e. The van der Waals surface area contributed by atoms with Gasteiger partial charge in [0.05, 0.1) is 13.2 Å². The van der Waals surface area contributed by atoms with E-state index in [1.165, 1.54) is 0 Å². The van der Waals surface area contributed by atoms with Gasteiger partial charge in [-0.05, 0) is 6.42 Å². The lowest BCUT2D eigenvalue weighted by molar-refractivity contribution is -0.0555. The van der Waals surface area contributed by atoms with Gasteiger partial charge in [0, 0.05) is 12.4 Å². The summed E-state index contributed by atoms with van der Waals surface area (Å²) in [6.45, 7) is -1.46. The lowest BCUT2D eigenvalue weighted by Crippen LogP contribution is -2.26. The van der Waals surface area contributed by atoms with E-state index in [0.717, 1.165) is 0 Å². The minimum atomic E-state index is -5.65. The molecule has 0 heterocycles. The minimum Gasteiger partial charge on any atom is -0.379 e. The molecule has 0 aromatic rings. The fourth-order valence-corrected chi connectivity index (χ4v) is 1.64. The number of thioether (sulfide) groups is 1. The molecule has 0 amide bonds. The summed E-state index contributed by atoms with van der Waals surface area (Å²) in [4.78, 5) is 0. The quantitative estimate of drug-likeness (QED) is 0.295. The van der Waals surface area contributed by atoms with Gasteiger partial charge in [0.25, 0.3) is 0 Å². The van der Waals surface area contributed by atoms with Crippen LogP contribution in [-0.2, 0) is 19.0 Å². The van der Waals surface area contributed by atoms with Crippen LogP contribution in [0.4, 0.5) is 26.3 Å². The molecule has 0 aliphatic carbocycles. The van der Waals surface area contributed by atoms with Gasteiger partial charge in [-0.25, -0.2) is 0 Å². The van der Waals surface area contributed by atoms with Gasteiger partial charge in [-0.15, -0.1) is 0 Å². The van der Waals surface area contributed by atoms with Crippen LogP contribution in [0.3, 0.4) is 0 Å². The molecule has 0 aliphatic rings. The Labute approximate surface area is 109 Å². The summed E-state index contributed by atoms with van der Waals surface area (Å²) < 4.78 is 99.2. The van der Waals surface area contributed by atoms with Crippen LogP contribution in [0.5, 0.6) is 0 Å². The van der Waals surface area contributed by atoms with Crippen molar-refractivity contribution in [1.29, 1.82) is 0 Å². The zero-order chi connectivity index (χ0) is 15.2. The average Bonchev–Trinajstić information content (AvgIpc) is 2.18. The van der Waals surface area contributed by atoms with Crippen molar-refractivity contribution >= 4 is 21.9 Å². The summed E-state index contributed by atoms with van der Waals surface area (Å²) in [5, 5.41) is 0. The van der Waals surface area contributed by atoms with Crippen LogP contribution in [0.1, 0.15) is 6.42 Å². The van der Waals surface area contributed by atoms with Crippen LogP contribution >= 0.6 is 11.8 Å². The number of alkyl halides is 6. The molecule has 0 atom stereocenters. The van der Waals surface area contributed by atoms with Crippen molar-refractivity contribution in [3.8, 4) is 0 Å². The first-order valence-corrected chi connectivity index (χ1v) is 7.09. The molecule has 0 bridgehead atoms. The Balaban J connectivity index is 3.58. The third-order valence-electron chi connectivity index (χ3n) is 1.45. The lowest BCUT2D eigenvalue weighted by Gasteiger charge is -2.09. The molecular weight excluding hydrogens is 326 g/mol. The number of halogens is 6. The Kier molecular flexibility index (Phi) is 7.47. The van der Waals surface area contributed by atoms with Gasteiger partial charge in [-0.3, -0.25) is 4.18 Å². The second-order valence-corrected chi connectivity index (χ2v) is 5.75. The van der Waals surface area contributed by atoms with E-state index in [2.05, 4.69) is 8.92 Å². The van der Waals surface area contributed by atoms with Crippen molar-refractivity contribution in [2.75, 3.05) is 25.6 Å². The Bertz CT molecular complexity index is 350. The zero-order valence-electron chi connectivity index (χ0n) is 9.25. The Morgan fingerprint density at radius 2 is 1.53 bits per heavy atom. The van der Waals surface area contributed by atoms with E-state index < -0.39 is 34.3 Å². The zero-order valence-corrected chi connectivity index (χ0v) is 10.9. The molecule has 0 fully saturated rings. The molecule has 0 spiro atoms. The molecule has 116 valence electrons. The smallest absolute Gasteiger partial charge is 0.379 e. The third kappa shape index (κ3) is 9.35. The molecule has 19 heavy (non-hydrogen) atoms. The van der Waals surface area contributed by atoms with Gasteiger partial charge < -0.3 is 4.74 Å². The summed E-state index contributed by atoms with van der Waals surface area (Å²) in [6.07, 6.45) is 0.0240. The van der Waals surface area contributed by atoms with Crippen LogP contribution < -0.4 is 0 Å². The molecule has 0 radical (unpaired) electrons. The molecule has 0 unspecified atom stereocenters. The Morgan fingerprint density at radius 1 is 0.947 bits per heavy atom. The number of rotatable bonds is 8. The van der Waals surface area contributed by atoms with Gasteiger partial charge in [0.2, 0.25) is 0 Å². The minimum absolute atomic E-state index is 0.0240. The van der Waals surface area contributed by atoms with Crippen LogP contribution in [0.2, 0.25) is 0 Å². The molecule has 4 nitrogen and oxygen atoms in total. The van der Waals surface area contributed by atoms with Gasteiger partial charge in [0.15, 0.2) is 0 Å². The van der Waals surface area contributed by atoms with E-state index in [1.54, 1.807) is 0 Å². The maximum atomic E-state index is 11.8. The fourth-order valence-electron chi connectivity index (χ4n) is 0.720. The Morgan fingerprint density at radius 3 is 2.00 bits per heavy atom. The van der Waals surface area contributed by atoms with E-state index in [1.807, 2.05) is 0 Å². The van der Waals surface area contributed by atoms with Crippen molar-refractivity contribution < 1.29 is 43.7 Å². The van der Waals surface area contributed by atoms with E-state index >= 15 is 0 Å². The van der Waals surface area contributed by atoms with Crippen LogP contribution in [0, 0.1) is 0 Å². The lowest BCUT2D eigenvalue weighted by atomic mass is 10.5. The summed E-state index contributed by atoms with van der Waals surface area (Å²) >= 11 is -0.251. The highest BCUT2D eigenvalue weighted by molar-refractivity contribution is 8.00. The number of ether oxygens (including phenoxy) is 1. The van der Waals surface area contributed by atoms with Crippen LogP contribution in [-0.4, -0.2) is 45.0 Å². The molecule has 0 aromatic carbocycles. The maximum absolute atomic E-state index is 11.8. The molecule has 0 rings (SSSR count). The van der Waals surface area contributed by atoms with Crippen molar-refractivity contribution in [2.45, 2.75) is 17.4 Å². The normalized spacial score (nSPS) is 13.8. The molecule has 0 aliphatic heterocycles. The monoisotopic (exact) mass is 336 g/mol. The molecular formula is C7H10F6O4S2. The molecule has 0 saturated heterocycles. The first kappa shape index (κ1) is 18.8. The van der Waals surface area contributed by atoms with E-state index in [4.69, 9.17) is 0 Å². The molecule has 0 saturated carbocycles. The summed E-state index contributed by atoms with van der Waals surface area (Å²) in [5.41, 5.74) is -9.85. The fraction of sp³-hybridized carbons (Fsp3) is 1.00. The predicted octanol–water partition coefficient (Wildman–Crippen LogP) is 2.51. The van der Waals surface area contributed by atoms with Crippen molar-refractivity contribution in [3.05, 3.63) is 0 Å². The van der Waals surface area contributed by atoms with Crippen molar-refractivity contribution in [1.82, 2.24) is 0 Å². The van der Waals surface area contributed by atoms with Crippen molar-refractivity contribution in [2.24, 2.45) is 0 Å². The van der Waals surface area contributed by atoms with Crippen LogP contribution in [0.25, 0.3) is 0 Å². The molecule has 0 aromatic heterocycles. The van der Waals surface area contributed by atoms with E-state index in [-0.39, 0.29) is 30.5 Å². The van der Waals surface area contributed by atoms with E-state index in [0.29, 0.717) is 0 Å². The molecule has 0 N–H and O–H groups in total. The van der Waals surface area contributed by atoms with Crippen molar-refractivity contribution in [3.63, 3.8) is 0 Å². The highest BCUT2D eigenvalue weighted by Crippen LogP contribution is 2.30. The highest BCUT2D eigenvalue weighted by atomic mass is 32.2. The van der Waals surface area contributed by atoms with Gasteiger partial charge in [-0.2, -0.15) is 34.8 Å².